The minimum absolute atomic E-state index is 0.00619. The van der Waals surface area contributed by atoms with E-state index in [2.05, 4.69) is 0 Å². The maximum absolute atomic E-state index is 12.4. The Morgan fingerprint density at radius 3 is 1.95 bits per heavy atom. The van der Waals surface area contributed by atoms with E-state index in [4.69, 9.17) is 38.9 Å². The third kappa shape index (κ3) is 13.7. The molecule has 0 spiro atoms. The second kappa shape index (κ2) is 17.8. The van der Waals surface area contributed by atoms with Crippen molar-refractivity contribution in [2.45, 2.75) is 72.4 Å². The minimum Gasteiger partial charge on any atom is -0.461 e. The van der Waals surface area contributed by atoms with Crippen molar-refractivity contribution in [3.63, 3.8) is 0 Å². The Morgan fingerprint density at radius 1 is 0.789 bits per heavy atom. The van der Waals surface area contributed by atoms with E-state index in [0.29, 0.717) is 30.7 Å². The monoisotopic (exact) mass is 541 g/mol. The number of ether oxygens (including phenoxy) is 7. The van der Waals surface area contributed by atoms with Gasteiger partial charge in [-0.15, -0.1) is 0 Å². The highest BCUT2D eigenvalue weighted by Crippen LogP contribution is 2.30. The zero-order valence-electron chi connectivity index (χ0n) is 22.7. The molecule has 12 nitrogen and oxygen atoms in total. The van der Waals surface area contributed by atoms with E-state index >= 15 is 0 Å². The standard InChI is InChI=1S/C26H39NO11/c1-6-11-32-25(30)37-21-9-8-19(15-22(21)38-26(31)33-12-7-2)14-20(27)23(28)35-16-18(5)36-24(29)34-13-10-17(3)4/h8-9,15,17-18,20H,6-7,10-14,16,27H2,1-5H3/t18-,20-/m0/s1. The second-order valence-electron chi connectivity index (χ2n) is 8.83. The molecule has 0 aliphatic heterocycles. The molecule has 0 bridgehead atoms. The first kappa shape index (κ1) is 32.5. The van der Waals surface area contributed by atoms with Crippen LogP contribution < -0.4 is 15.2 Å². The first-order valence-electron chi connectivity index (χ1n) is 12.6. The van der Waals surface area contributed by atoms with Gasteiger partial charge in [0.15, 0.2) is 11.5 Å². The lowest BCUT2D eigenvalue weighted by atomic mass is 10.1. The lowest BCUT2D eigenvalue weighted by Crippen LogP contribution is -2.36. The van der Waals surface area contributed by atoms with Gasteiger partial charge in [0, 0.05) is 0 Å². The van der Waals surface area contributed by atoms with Crippen LogP contribution in [-0.2, 0) is 34.9 Å². The molecular formula is C26H39NO11. The van der Waals surface area contributed by atoms with Crippen molar-refractivity contribution in [1.29, 1.82) is 0 Å². The highest BCUT2D eigenvalue weighted by molar-refractivity contribution is 5.76. The second-order valence-corrected chi connectivity index (χ2v) is 8.83. The number of carbonyl (C=O) groups excluding carboxylic acids is 4. The Morgan fingerprint density at radius 2 is 1.37 bits per heavy atom. The first-order valence-corrected chi connectivity index (χ1v) is 12.6. The molecule has 0 heterocycles. The first-order chi connectivity index (χ1) is 18.0. The molecule has 1 aromatic carbocycles. The fraction of sp³-hybridized carbons (Fsp3) is 0.615. The number of rotatable bonds is 15. The molecule has 0 fully saturated rings. The van der Waals surface area contributed by atoms with Gasteiger partial charge in [0.25, 0.3) is 0 Å². The highest BCUT2D eigenvalue weighted by atomic mass is 16.7. The van der Waals surface area contributed by atoms with Crippen LogP contribution in [0.25, 0.3) is 0 Å². The molecule has 214 valence electrons. The third-order valence-corrected chi connectivity index (χ3v) is 4.67. The Bertz CT molecular complexity index is 903. The van der Waals surface area contributed by atoms with Crippen LogP contribution in [-0.4, -0.2) is 63.0 Å². The summed E-state index contributed by atoms with van der Waals surface area (Å²) in [5.74, 6) is -0.547. The molecule has 0 amide bonds. The summed E-state index contributed by atoms with van der Waals surface area (Å²) in [5.41, 5.74) is 6.46. The molecule has 0 aromatic heterocycles. The molecule has 0 radical (unpaired) electrons. The van der Waals surface area contributed by atoms with E-state index in [-0.39, 0.29) is 44.3 Å². The van der Waals surface area contributed by atoms with Crippen molar-refractivity contribution in [2.24, 2.45) is 11.7 Å². The molecule has 0 saturated heterocycles. The van der Waals surface area contributed by atoms with Gasteiger partial charge in [-0.2, -0.15) is 0 Å². The molecule has 0 aliphatic rings. The number of hydrogen-bond donors (Lipinski definition) is 1. The molecule has 0 unspecified atom stereocenters. The lowest BCUT2D eigenvalue weighted by molar-refractivity contribution is -0.148. The van der Waals surface area contributed by atoms with Crippen LogP contribution in [0.1, 0.15) is 59.4 Å². The van der Waals surface area contributed by atoms with Gasteiger partial charge in [0.1, 0.15) is 18.8 Å². The summed E-state index contributed by atoms with van der Waals surface area (Å²) in [5, 5.41) is 0. The average molecular weight is 542 g/mol. The van der Waals surface area contributed by atoms with Crippen LogP contribution in [0.2, 0.25) is 0 Å². The van der Waals surface area contributed by atoms with Gasteiger partial charge in [-0.3, -0.25) is 4.79 Å². The largest absolute Gasteiger partial charge is 0.513 e. The number of benzene rings is 1. The number of nitrogens with two attached hydrogens (primary N) is 1. The third-order valence-electron chi connectivity index (χ3n) is 4.67. The molecular weight excluding hydrogens is 502 g/mol. The zero-order valence-corrected chi connectivity index (χ0v) is 22.7. The molecule has 0 aliphatic carbocycles. The Kier molecular flexibility index (Phi) is 15.2. The van der Waals surface area contributed by atoms with Gasteiger partial charge in [-0.05, 0) is 56.2 Å². The number of hydrogen-bond acceptors (Lipinski definition) is 12. The van der Waals surface area contributed by atoms with Crippen LogP contribution in [0, 0.1) is 5.92 Å². The zero-order chi connectivity index (χ0) is 28.5. The molecule has 2 atom stereocenters. The van der Waals surface area contributed by atoms with Crippen LogP contribution >= 0.6 is 0 Å². The summed E-state index contributed by atoms with van der Waals surface area (Å²) in [4.78, 5) is 47.9. The van der Waals surface area contributed by atoms with Crippen LogP contribution in [0.15, 0.2) is 18.2 Å². The summed E-state index contributed by atoms with van der Waals surface area (Å²) >= 11 is 0. The number of esters is 1. The number of carbonyl (C=O) groups is 4. The molecule has 1 rings (SSSR count). The summed E-state index contributed by atoms with van der Waals surface area (Å²) in [6.07, 6.45) is -1.64. The van der Waals surface area contributed by atoms with Crippen molar-refractivity contribution >= 4 is 24.4 Å². The predicted molar refractivity (Wildman–Crippen MR) is 135 cm³/mol. The van der Waals surface area contributed by atoms with E-state index in [0.717, 1.165) is 0 Å². The van der Waals surface area contributed by atoms with Crippen LogP contribution in [0.5, 0.6) is 11.5 Å². The van der Waals surface area contributed by atoms with Gasteiger partial charge >= 0.3 is 24.4 Å². The van der Waals surface area contributed by atoms with Crippen molar-refractivity contribution in [2.75, 3.05) is 26.4 Å². The smallest absolute Gasteiger partial charge is 0.461 e. The lowest BCUT2D eigenvalue weighted by Gasteiger charge is -2.17. The average Bonchev–Trinajstić information content (AvgIpc) is 2.85. The van der Waals surface area contributed by atoms with E-state index in [9.17, 15) is 19.2 Å². The molecule has 12 heteroatoms. The Labute approximate surface area is 223 Å². The maximum Gasteiger partial charge on any atom is 0.513 e. The van der Waals surface area contributed by atoms with Gasteiger partial charge in [-0.1, -0.05) is 33.8 Å². The Hall–Kier alpha value is -3.54. The highest BCUT2D eigenvalue weighted by Gasteiger charge is 2.21. The fourth-order valence-corrected chi connectivity index (χ4v) is 2.71. The van der Waals surface area contributed by atoms with E-state index < -0.39 is 36.6 Å². The van der Waals surface area contributed by atoms with Gasteiger partial charge in [-0.25, -0.2) is 14.4 Å². The SMILES string of the molecule is CCCOC(=O)Oc1ccc(C[C@H](N)C(=O)OC[C@H](C)OC(=O)OCCC(C)C)cc1OC(=O)OCCC. The molecule has 2 N–H and O–H groups in total. The summed E-state index contributed by atoms with van der Waals surface area (Å²) in [7, 11) is 0. The fourth-order valence-electron chi connectivity index (χ4n) is 2.71. The predicted octanol–water partition coefficient (Wildman–Crippen LogP) is 4.54. The van der Waals surface area contributed by atoms with Crippen LogP contribution in [0.4, 0.5) is 14.4 Å². The van der Waals surface area contributed by atoms with E-state index in [1.54, 1.807) is 13.0 Å². The van der Waals surface area contributed by atoms with Gasteiger partial charge < -0.3 is 38.9 Å². The van der Waals surface area contributed by atoms with Gasteiger partial charge in [0.05, 0.1) is 19.8 Å². The maximum atomic E-state index is 12.4. The molecule has 1 aromatic rings. The molecule has 0 saturated carbocycles. The Balaban J connectivity index is 2.73. The van der Waals surface area contributed by atoms with Crippen molar-refractivity contribution in [3.8, 4) is 11.5 Å². The van der Waals surface area contributed by atoms with Crippen molar-refractivity contribution in [3.05, 3.63) is 23.8 Å². The van der Waals surface area contributed by atoms with E-state index in [1.165, 1.54) is 12.1 Å². The molecule has 38 heavy (non-hydrogen) atoms. The quantitative estimate of drug-likeness (QED) is 0.188. The topological polar surface area (TPSA) is 159 Å². The summed E-state index contributed by atoms with van der Waals surface area (Å²) < 4.78 is 35.3. The summed E-state index contributed by atoms with van der Waals surface area (Å²) in [6, 6.07) is 3.23. The van der Waals surface area contributed by atoms with Gasteiger partial charge in [0.2, 0.25) is 0 Å². The normalized spacial score (nSPS) is 12.2. The van der Waals surface area contributed by atoms with Crippen molar-refractivity contribution < 1.29 is 52.3 Å². The van der Waals surface area contributed by atoms with Crippen molar-refractivity contribution in [1.82, 2.24) is 0 Å². The minimum atomic E-state index is -1.08. The summed E-state index contributed by atoms with van der Waals surface area (Å²) in [6.45, 7) is 9.52. The van der Waals surface area contributed by atoms with E-state index in [1.807, 2.05) is 27.7 Å². The van der Waals surface area contributed by atoms with Crippen LogP contribution in [0.3, 0.4) is 0 Å².